The number of aryl methyl sites for hydroxylation is 3. The molecular weight excluding hydrogens is 388 g/mol. The van der Waals surface area contributed by atoms with Crippen molar-refractivity contribution in [3.05, 3.63) is 70.8 Å². The van der Waals surface area contributed by atoms with Gasteiger partial charge in [0.1, 0.15) is 6.04 Å². The van der Waals surface area contributed by atoms with E-state index in [4.69, 9.17) is 4.98 Å². The van der Waals surface area contributed by atoms with Crippen molar-refractivity contribution in [1.82, 2.24) is 14.8 Å². The fourth-order valence-electron chi connectivity index (χ4n) is 4.13. The van der Waals surface area contributed by atoms with E-state index in [1.807, 2.05) is 62.2 Å². The normalized spacial score (nSPS) is 15.4. The highest BCUT2D eigenvalue weighted by Gasteiger charge is 2.30. The second kappa shape index (κ2) is 8.60. The quantitative estimate of drug-likeness (QED) is 0.667. The standard InChI is InChI=1S/C24H26N6O/c1-4-21-24(31)28-23-16(2)27-20(11-22(23)29(21)3)10-9-17-13-26-30(14-17)15-19-8-6-5-7-18(19)12-25/h5-8,11,13-14,21H,4,9-10,15H2,1-3H3,(H,28,31)/t21-/m0/s1. The number of aromatic nitrogens is 3. The molecule has 2 aromatic heterocycles. The zero-order chi connectivity index (χ0) is 22.0. The van der Waals surface area contributed by atoms with Crippen molar-refractivity contribution >= 4 is 17.3 Å². The molecule has 0 fully saturated rings. The van der Waals surface area contributed by atoms with Crippen LogP contribution in [0.15, 0.2) is 42.7 Å². The number of carbonyl (C=O) groups is 1. The summed E-state index contributed by atoms with van der Waals surface area (Å²) < 4.78 is 1.87. The Hall–Kier alpha value is -3.66. The summed E-state index contributed by atoms with van der Waals surface area (Å²) in [7, 11) is 1.97. The Labute approximate surface area is 182 Å². The van der Waals surface area contributed by atoms with Crippen molar-refractivity contribution in [1.29, 1.82) is 5.26 Å². The number of nitrogens with one attached hydrogen (secondary N) is 1. The summed E-state index contributed by atoms with van der Waals surface area (Å²) >= 11 is 0. The average Bonchev–Trinajstić information content (AvgIpc) is 3.21. The molecule has 0 radical (unpaired) electrons. The highest BCUT2D eigenvalue weighted by Crippen LogP contribution is 2.34. The first kappa shape index (κ1) is 20.6. The molecule has 1 aliphatic heterocycles. The Balaban J connectivity index is 1.47. The fourth-order valence-corrected chi connectivity index (χ4v) is 4.13. The van der Waals surface area contributed by atoms with Crippen LogP contribution >= 0.6 is 0 Å². The number of rotatable bonds is 6. The minimum absolute atomic E-state index is 0.0283. The molecule has 158 valence electrons. The third-order valence-corrected chi connectivity index (χ3v) is 5.84. The van der Waals surface area contributed by atoms with Crippen LogP contribution in [0.4, 0.5) is 11.4 Å². The van der Waals surface area contributed by atoms with Crippen molar-refractivity contribution in [3.8, 4) is 6.07 Å². The van der Waals surface area contributed by atoms with Crippen molar-refractivity contribution < 1.29 is 4.79 Å². The molecule has 31 heavy (non-hydrogen) atoms. The number of fused-ring (bicyclic) bond motifs is 1. The smallest absolute Gasteiger partial charge is 0.247 e. The van der Waals surface area contributed by atoms with Crippen molar-refractivity contribution in [3.63, 3.8) is 0 Å². The first-order chi connectivity index (χ1) is 15.0. The Morgan fingerprint density at radius 1 is 1.26 bits per heavy atom. The highest BCUT2D eigenvalue weighted by atomic mass is 16.2. The van der Waals surface area contributed by atoms with E-state index in [-0.39, 0.29) is 11.9 Å². The molecule has 0 aliphatic carbocycles. The number of anilines is 2. The Bertz CT molecular complexity index is 1160. The molecular formula is C24H26N6O. The summed E-state index contributed by atoms with van der Waals surface area (Å²) in [6, 6.07) is 11.8. The van der Waals surface area contributed by atoms with Gasteiger partial charge in [-0.05, 0) is 49.4 Å². The van der Waals surface area contributed by atoms with E-state index in [9.17, 15) is 10.1 Å². The van der Waals surface area contributed by atoms with Gasteiger partial charge in [0.15, 0.2) is 0 Å². The van der Waals surface area contributed by atoms with E-state index in [2.05, 4.69) is 27.5 Å². The summed E-state index contributed by atoms with van der Waals surface area (Å²) in [5.41, 5.74) is 6.43. The molecule has 0 saturated heterocycles. The molecule has 3 aromatic rings. The van der Waals surface area contributed by atoms with E-state index >= 15 is 0 Å². The van der Waals surface area contributed by atoms with Crippen LogP contribution in [0.25, 0.3) is 0 Å². The molecule has 1 aliphatic rings. The Morgan fingerprint density at radius 2 is 2.06 bits per heavy atom. The van der Waals surface area contributed by atoms with E-state index in [1.54, 1.807) is 0 Å². The number of nitrogens with zero attached hydrogens (tertiary/aromatic N) is 5. The number of likely N-dealkylation sites (N-methyl/N-ethyl adjacent to an activating group) is 1. The third kappa shape index (κ3) is 4.15. The summed E-state index contributed by atoms with van der Waals surface area (Å²) in [6.07, 6.45) is 6.26. The number of nitriles is 1. The van der Waals surface area contributed by atoms with Crippen LogP contribution in [-0.2, 0) is 24.2 Å². The number of hydrogen-bond acceptors (Lipinski definition) is 5. The maximum Gasteiger partial charge on any atom is 0.247 e. The van der Waals surface area contributed by atoms with Crippen molar-refractivity contribution in [2.24, 2.45) is 0 Å². The largest absolute Gasteiger partial charge is 0.361 e. The Kier molecular flexibility index (Phi) is 5.72. The summed E-state index contributed by atoms with van der Waals surface area (Å²) in [4.78, 5) is 19.1. The molecule has 1 aromatic carbocycles. The van der Waals surface area contributed by atoms with E-state index in [0.29, 0.717) is 12.1 Å². The number of benzene rings is 1. The molecule has 3 heterocycles. The average molecular weight is 415 g/mol. The summed E-state index contributed by atoms with van der Waals surface area (Å²) in [5.74, 6) is 0.0283. The van der Waals surface area contributed by atoms with Gasteiger partial charge in [0.05, 0.1) is 41.4 Å². The minimum Gasteiger partial charge on any atom is -0.361 e. The molecule has 0 unspecified atom stereocenters. The fraction of sp³-hybridized carbons (Fsp3) is 0.333. The van der Waals surface area contributed by atoms with Gasteiger partial charge >= 0.3 is 0 Å². The van der Waals surface area contributed by atoms with Gasteiger partial charge in [-0.3, -0.25) is 14.5 Å². The molecule has 0 bridgehead atoms. The zero-order valence-corrected chi connectivity index (χ0v) is 18.1. The van der Waals surface area contributed by atoms with Gasteiger partial charge in [-0.15, -0.1) is 0 Å². The first-order valence-electron chi connectivity index (χ1n) is 10.5. The van der Waals surface area contributed by atoms with Gasteiger partial charge in [-0.1, -0.05) is 25.1 Å². The minimum atomic E-state index is -0.156. The van der Waals surface area contributed by atoms with E-state index in [1.165, 1.54) is 0 Å². The lowest BCUT2D eigenvalue weighted by Crippen LogP contribution is -2.46. The third-order valence-electron chi connectivity index (χ3n) is 5.84. The molecule has 7 nitrogen and oxygen atoms in total. The lowest BCUT2D eigenvalue weighted by atomic mass is 10.0. The number of pyridine rings is 1. The van der Waals surface area contributed by atoms with Gasteiger partial charge in [0, 0.05) is 18.9 Å². The Morgan fingerprint density at radius 3 is 2.84 bits per heavy atom. The lowest BCUT2D eigenvalue weighted by molar-refractivity contribution is -0.117. The van der Waals surface area contributed by atoms with Crippen LogP contribution in [0.3, 0.4) is 0 Å². The van der Waals surface area contributed by atoms with Crippen molar-refractivity contribution in [2.75, 3.05) is 17.3 Å². The van der Waals surface area contributed by atoms with Crippen LogP contribution in [0.2, 0.25) is 0 Å². The first-order valence-corrected chi connectivity index (χ1v) is 10.5. The highest BCUT2D eigenvalue weighted by molar-refractivity contribution is 6.04. The molecule has 1 atom stereocenters. The molecule has 1 amide bonds. The SMILES string of the molecule is CC[C@H]1C(=O)Nc2c(cc(CCc3cnn(Cc4ccccc4C#N)c3)nc2C)N1C. The summed E-state index contributed by atoms with van der Waals surface area (Å²) in [6.45, 7) is 4.53. The van der Waals surface area contributed by atoms with Gasteiger partial charge in [-0.25, -0.2) is 0 Å². The number of hydrogen-bond donors (Lipinski definition) is 1. The monoisotopic (exact) mass is 414 g/mol. The second-order valence-corrected chi connectivity index (χ2v) is 7.93. The van der Waals surface area contributed by atoms with Crippen LogP contribution < -0.4 is 10.2 Å². The summed E-state index contributed by atoms with van der Waals surface area (Å²) in [5, 5.41) is 16.7. The number of carbonyl (C=O) groups excluding carboxylic acids is 1. The van der Waals surface area contributed by atoms with Crippen LogP contribution in [0.1, 0.15) is 41.4 Å². The van der Waals surface area contributed by atoms with Gasteiger partial charge < -0.3 is 10.2 Å². The van der Waals surface area contributed by atoms with Gasteiger partial charge in [0.2, 0.25) is 5.91 Å². The second-order valence-electron chi connectivity index (χ2n) is 7.93. The number of amides is 1. The maximum atomic E-state index is 12.3. The van der Waals surface area contributed by atoms with Crippen LogP contribution in [-0.4, -0.2) is 33.8 Å². The van der Waals surface area contributed by atoms with Gasteiger partial charge in [-0.2, -0.15) is 10.4 Å². The molecule has 7 heteroatoms. The van der Waals surface area contributed by atoms with Crippen LogP contribution in [0, 0.1) is 18.3 Å². The van der Waals surface area contributed by atoms with Crippen molar-refractivity contribution in [2.45, 2.75) is 45.7 Å². The predicted molar refractivity (Wildman–Crippen MR) is 120 cm³/mol. The lowest BCUT2D eigenvalue weighted by Gasteiger charge is -2.35. The molecule has 1 N–H and O–H groups in total. The molecule has 0 spiro atoms. The topological polar surface area (TPSA) is 86.8 Å². The predicted octanol–water partition coefficient (Wildman–Crippen LogP) is 3.46. The zero-order valence-electron chi connectivity index (χ0n) is 18.1. The molecule has 0 saturated carbocycles. The maximum absolute atomic E-state index is 12.3. The van der Waals surface area contributed by atoms with E-state index in [0.717, 1.165) is 53.2 Å². The van der Waals surface area contributed by atoms with E-state index < -0.39 is 0 Å². The van der Waals surface area contributed by atoms with Gasteiger partial charge in [0.25, 0.3) is 0 Å². The molecule has 4 rings (SSSR count). The van der Waals surface area contributed by atoms with Crippen LogP contribution in [0.5, 0.6) is 0 Å².